The second kappa shape index (κ2) is 8.76. The number of carbonyl (C=O) groups is 2. The van der Waals surface area contributed by atoms with Crippen molar-refractivity contribution >= 4 is 29.2 Å². The average Bonchev–Trinajstić information content (AvgIpc) is 3.10. The highest BCUT2D eigenvalue weighted by atomic mass is 32.1. The molecule has 0 atom stereocenters. The molecule has 0 saturated carbocycles. The first-order chi connectivity index (χ1) is 12.6. The maximum absolute atomic E-state index is 12.3. The van der Waals surface area contributed by atoms with E-state index in [1.807, 2.05) is 42.6 Å². The molecule has 0 aliphatic carbocycles. The van der Waals surface area contributed by atoms with E-state index in [2.05, 4.69) is 10.3 Å². The van der Waals surface area contributed by atoms with E-state index >= 15 is 0 Å². The van der Waals surface area contributed by atoms with Crippen LogP contribution >= 0.6 is 11.3 Å². The van der Waals surface area contributed by atoms with Crippen molar-refractivity contribution in [3.8, 4) is 0 Å². The van der Waals surface area contributed by atoms with Crippen LogP contribution in [0.5, 0.6) is 0 Å². The number of aromatic nitrogens is 1. The Kier molecular flexibility index (Phi) is 6.17. The van der Waals surface area contributed by atoms with Gasteiger partial charge in [0.05, 0.1) is 10.7 Å². The molecule has 1 aromatic heterocycles. The predicted molar refractivity (Wildman–Crippen MR) is 103 cm³/mol. The number of thiazole rings is 1. The Labute approximate surface area is 157 Å². The summed E-state index contributed by atoms with van der Waals surface area (Å²) in [6, 6.07) is 9.88. The van der Waals surface area contributed by atoms with Gasteiger partial charge in [-0.3, -0.25) is 9.59 Å². The Balaban J connectivity index is 1.43. The van der Waals surface area contributed by atoms with E-state index in [0.29, 0.717) is 32.5 Å². The number of benzene rings is 1. The maximum atomic E-state index is 12.3. The molecule has 1 aliphatic rings. The predicted octanol–water partition coefficient (Wildman–Crippen LogP) is 3.02. The largest absolute Gasteiger partial charge is 0.352 e. The standard InChI is InChI=1S/C20H23N3O2S/c1-15-22-18(14-26-15)7-8-19(24)23-11-9-17(10-12-23)20(25)21-13-16-5-3-2-4-6-16/h2-8,14,17H,9-13H2,1H3,(H,21,25)/b8-7+. The molecule has 1 saturated heterocycles. The van der Waals surface area contributed by atoms with E-state index < -0.39 is 0 Å². The van der Waals surface area contributed by atoms with Crippen LogP contribution in [0.25, 0.3) is 6.08 Å². The van der Waals surface area contributed by atoms with Gasteiger partial charge < -0.3 is 10.2 Å². The van der Waals surface area contributed by atoms with Crippen LogP contribution in [-0.2, 0) is 16.1 Å². The lowest BCUT2D eigenvalue weighted by Gasteiger charge is -2.30. The molecule has 0 radical (unpaired) electrons. The number of piperidine rings is 1. The Morgan fingerprint density at radius 1 is 1.27 bits per heavy atom. The molecule has 3 rings (SSSR count). The molecule has 1 N–H and O–H groups in total. The normalized spacial score (nSPS) is 15.3. The van der Waals surface area contributed by atoms with Crippen LogP contribution in [0.1, 0.15) is 29.1 Å². The van der Waals surface area contributed by atoms with Crippen molar-refractivity contribution in [1.29, 1.82) is 0 Å². The molecule has 2 heterocycles. The molecule has 1 aliphatic heterocycles. The van der Waals surface area contributed by atoms with E-state index in [4.69, 9.17) is 0 Å². The number of carbonyl (C=O) groups excluding carboxylic acids is 2. The van der Waals surface area contributed by atoms with E-state index in [9.17, 15) is 9.59 Å². The Hall–Kier alpha value is -2.47. The molecule has 26 heavy (non-hydrogen) atoms. The van der Waals surface area contributed by atoms with E-state index in [1.54, 1.807) is 28.4 Å². The highest BCUT2D eigenvalue weighted by Gasteiger charge is 2.26. The van der Waals surface area contributed by atoms with Crippen molar-refractivity contribution < 1.29 is 9.59 Å². The summed E-state index contributed by atoms with van der Waals surface area (Å²) in [6.45, 7) is 3.72. The lowest BCUT2D eigenvalue weighted by atomic mass is 9.95. The number of likely N-dealkylation sites (tertiary alicyclic amines) is 1. The minimum atomic E-state index is -0.0204. The van der Waals surface area contributed by atoms with Gasteiger partial charge in [0.1, 0.15) is 0 Å². The molecule has 2 aromatic rings. The van der Waals surface area contributed by atoms with Crippen LogP contribution in [0.2, 0.25) is 0 Å². The monoisotopic (exact) mass is 369 g/mol. The van der Waals surface area contributed by atoms with Gasteiger partial charge in [0.2, 0.25) is 11.8 Å². The molecule has 2 amide bonds. The summed E-state index contributed by atoms with van der Waals surface area (Å²) >= 11 is 1.57. The maximum Gasteiger partial charge on any atom is 0.246 e. The number of hydrogen-bond acceptors (Lipinski definition) is 4. The molecule has 5 nitrogen and oxygen atoms in total. The third-order valence-corrected chi connectivity index (χ3v) is 5.31. The minimum absolute atomic E-state index is 0.0150. The summed E-state index contributed by atoms with van der Waals surface area (Å²) in [6.07, 6.45) is 4.74. The van der Waals surface area contributed by atoms with Gasteiger partial charge >= 0.3 is 0 Å². The molecule has 1 aromatic carbocycles. The first kappa shape index (κ1) is 18.3. The summed E-state index contributed by atoms with van der Waals surface area (Å²) in [7, 11) is 0. The van der Waals surface area contributed by atoms with E-state index in [1.165, 1.54) is 0 Å². The van der Waals surface area contributed by atoms with Crippen molar-refractivity contribution in [2.75, 3.05) is 13.1 Å². The molecular weight excluding hydrogens is 346 g/mol. The second-order valence-corrected chi connectivity index (χ2v) is 7.49. The molecule has 0 unspecified atom stereocenters. The molecule has 0 spiro atoms. The second-order valence-electron chi connectivity index (χ2n) is 6.43. The van der Waals surface area contributed by atoms with Gasteiger partial charge in [0.15, 0.2) is 0 Å². The SMILES string of the molecule is Cc1nc(/C=C/C(=O)N2CCC(C(=O)NCc3ccccc3)CC2)cs1. The van der Waals surface area contributed by atoms with Gasteiger partial charge in [-0.15, -0.1) is 11.3 Å². The van der Waals surface area contributed by atoms with E-state index in [0.717, 1.165) is 16.3 Å². The highest BCUT2D eigenvalue weighted by molar-refractivity contribution is 7.09. The summed E-state index contributed by atoms with van der Waals surface area (Å²) < 4.78 is 0. The van der Waals surface area contributed by atoms with Gasteiger partial charge in [-0.2, -0.15) is 0 Å². The highest BCUT2D eigenvalue weighted by Crippen LogP contribution is 2.18. The fraction of sp³-hybridized carbons (Fsp3) is 0.350. The number of nitrogens with zero attached hydrogens (tertiary/aromatic N) is 2. The van der Waals surface area contributed by atoms with Gasteiger partial charge in [-0.25, -0.2) is 4.98 Å². The van der Waals surface area contributed by atoms with Crippen LogP contribution in [0.15, 0.2) is 41.8 Å². The van der Waals surface area contributed by atoms with Crippen molar-refractivity contribution in [2.24, 2.45) is 5.92 Å². The van der Waals surface area contributed by atoms with Crippen molar-refractivity contribution in [3.63, 3.8) is 0 Å². The third kappa shape index (κ3) is 5.02. The van der Waals surface area contributed by atoms with Crippen LogP contribution in [0.3, 0.4) is 0 Å². The first-order valence-electron chi connectivity index (χ1n) is 8.82. The lowest BCUT2D eigenvalue weighted by molar-refractivity contribution is -0.132. The van der Waals surface area contributed by atoms with Crippen molar-refractivity contribution in [3.05, 3.63) is 58.1 Å². The molecule has 1 fully saturated rings. The van der Waals surface area contributed by atoms with Gasteiger partial charge in [0.25, 0.3) is 0 Å². The fourth-order valence-corrected chi connectivity index (χ4v) is 3.59. The van der Waals surface area contributed by atoms with Gasteiger partial charge in [-0.1, -0.05) is 30.3 Å². The van der Waals surface area contributed by atoms with Crippen LogP contribution < -0.4 is 5.32 Å². The number of amides is 2. The molecule has 0 bridgehead atoms. The summed E-state index contributed by atoms with van der Waals surface area (Å²) in [4.78, 5) is 30.7. The zero-order chi connectivity index (χ0) is 18.4. The van der Waals surface area contributed by atoms with Crippen LogP contribution in [0, 0.1) is 12.8 Å². The van der Waals surface area contributed by atoms with Gasteiger partial charge in [0, 0.05) is 37.0 Å². The Morgan fingerprint density at radius 2 is 2.00 bits per heavy atom. The topological polar surface area (TPSA) is 62.3 Å². The zero-order valence-corrected chi connectivity index (χ0v) is 15.7. The van der Waals surface area contributed by atoms with E-state index in [-0.39, 0.29) is 17.7 Å². The third-order valence-electron chi connectivity index (χ3n) is 4.52. The van der Waals surface area contributed by atoms with Crippen LogP contribution in [0.4, 0.5) is 0 Å². The number of rotatable bonds is 5. The quantitative estimate of drug-likeness (QED) is 0.824. The van der Waals surface area contributed by atoms with Crippen molar-refractivity contribution in [1.82, 2.24) is 15.2 Å². The Morgan fingerprint density at radius 3 is 2.65 bits per heavy atom. The van der Waals surface area contributed by atoms with Crippen molar-refractivity contribution in [2.45, 2.75) is 26.3 Å². The fourth-order valence-electron chi connectivity index (χ4n) is 3.01. The number of hydrogen-bond donors (Lipinski definition) is 1. The average molecular weight is 369 g/mol. The summed E-state index contributed by atoms with van der Waals surface area (Å²) in [5.74, 6) is 0.0428. The van der Waals surface area contributed by atoms with Gasteiger partial charge in [-0.05, 0) is 31.4 Å². The zero-order valence-electron chi connectivity index (χ0n) is 14.9. The van der Waals surface area contributed by atoms with Crippen LogP contribution in [-0.4, -0.2) is 34.8 Å². The number of nitrogens with one attached hydrogen (secondary N) is 1. The minimum Gasteiger partial charge on any atom is -0.352 e. The Bertz CT molecular complexity index is 777. The summed E-state index contributed by atoms with van der Waals surface area (Å²) in [5, 5.41) is 5.92. The molecule has 136 valence electrons. The number of aryl methyl sites for hydroxylation is 1. The molecule has 6 heteroatoms. The smallest absolute Gasteiger partial charge is 0.246 e. The summed E-state index contributed by atoms with van der Waals surface area (Å²) in [5.41, 5.74) is 1.91. The first-order valence-corrected chi connectivity index (χ1v) is 9.70. The molecular formula is C20H23N3O2S. The lowest BCUT2D eigenvalue weighted by Crippen LogP contribution is -2.42.